The first-order valence-corrected chi connectivity index (χ1v) is 5.72. The summed E-state index contributed by atoms with van der Waals surface area (Å²) in [6.07, 6.45) is 0.394. The van der Waals surface area contributed by atoms with Crippen LogP contribution in [0.25, 0.3) is 0 Å². The molecule has 1 aromatic carbocycles. The van der Waals surface area contributed by atoms with E-state index in [1.165, 1.54) is 0 Å². The summed E-state index contributed by atoms with van der Waals surface area (Å²) in [4.78, 5) is 0. The van der Waals surface area contributed by atoms with Crippen molar-refractivity contribution in [3.05, 3.63) is 35.9 Å². The molecule has 90 valence electrons. The molecule has 0 aliphatic rings. The van der Waals surface area contributed by atoms with Gasteiger partial charge in [-0.3, -0.25) is 0 Å². The molecular formula is C13H20O3. The van der Waals surface area contributed by atoms with Crippen LogP contribution >= 0.6 is 0 Å². The van der Waals surface area contributed by atoms with Crippen LogP contribution < -0.4 is 0 Å². The minimum absolute atomic E-state index is 0.263. The minimum atomic E-state index is -0.813. The number of rotatable bonds is 7. The second kappa shape index (κ2) is 7.39. The number of aliphatic hydroxyl groups is 2. The van der Waals surface area contributed by atoms with Crippen molar-refractivity contribution >= 4 is 0 Å². The van der Waals surface area contributed by atoms with Gasteiger partial charge in [-0.15, -0.1) is 0 Å². The van der Waals surface area contributed by atoms with Crippen molar-refractivity contribution in [1.29, 1.82) is 0 Å². The van der Waals surface area contributed by atoms with Gasteiger partial charge in [-0.2, -0.15) is 0 Å². The molecular weight excluding hydrogens is 204 g/mol. The Hall–Kier alpha value is -0.900. The lowest BCUT2D eigenvalue weighted by atomic mass is 10.0. The van der Waals surface area contributed by atoms with Gasteiger partial charge in [0.15, 0.2) is 0 Å². The molecule has 1 aromatic rings. The molecule has 0 heterocycles. The first-order chi connectivity index (χ1) is 7.77. The summed E-state index contributed by atoms with van der Waals surface area (Å²) in [5.41, 5.74) is 1.11. The van der Waals surface area contributed by atoms with E-state index in [1.54, 1.807) is 0 Å². The highest BCUT2D eigenvalue weighted by Crippen LogP contribution is 2.10. The molecule has 0 aliphatic carbocycles. The Bertz CT molecular complexity index is 274. The molecule has 1 rings (SSSR count). The Balaban J connectivity index is 2.56. The van der Waals surface area contributed by atoms with Crippen LogP contribution in [-0.2, 0) is 11.2 Å². The second-order valence-corrected chi connectivity index (χ2v) is 3.85. The van der Waals surface area contributed by atoms with Gasteiger partial charge in [0.1, 0.15) is 6.10 Å². The second-order valence-electron chi connectivity index (χ2n) is 3.85. The van der Waals surface area contributed by atoms with Crippen LogP contribution in [0.1, 0.15) is 18.9 Å². The Morgan fingerprint density at radius 2 is 1.94 bits per heavy atom. The van der Waals surface area contributed by atoms with Crippen molar-refractivity contribution < 1.29 is 14.9 Å². The third kappa shape index (κ3) is 4.31. The molecule has 0 amide bonds. The van der Waals surface area contributed by atoms with Gasteiger partial charge in [-0.25, -0.2) is 0 Å². The molecule has 0 saturated carbocycles. The van der Waals surface area contributed by atoms with E-state index in [4.69, 9.17) is 9.84 Å². The Labute approximate surface area is 96.7 Å². The van der Waals surface area contributed by atoms with Gasteiger partial charge in [0, 0.05) is 13.0 Å². The highest BCUT2D eigenvalue weighted by atomic mass is 16.5. The Morgan fingerprint density at radius 3 is 2.50 bits per heavy atom. The average Bonchev–Trinajstić information content (AvgIpc) is 2.34. The summed E-state index contributed by atoms with van der Waals surface area (Å²) >= 11 is 0. The topological polar surface area (TPSA) is 49.7 Å². The van der Waals surface area contributed by atoms with E-state index in [9.17, 15) is 5.11 Å². The lowest BCUT2D eigenvalue weighted by Gasteiger charge is -2.21. The predicted octanol–water partition coefficient (Wildman–Crippen LogP) is 1.38. The molecule has 0 aromatic heterocycles. The monoisotopic (exact) mass is 224 g/mol. The van der Waals surface area contributed by atoms with Gasteiger partial charge in [0.2, 0.25) is 0 Å². The highest BCUT2D eigenvalue weighted by molar-refractivity contribution is 5.15. The smallest absolute Gasteiger partial charge is 0.103 e. The van der Waals surface area contributed by atoms with E-state index < -0.39 is 6.10 Å². The van der Waals surface area contributed by atoms with Crippen molar-refractivity contribution in [3.8, 4) is 0 Å². The Morgan fingerprint density at radius 1 is 1.25 bits per heavy atom. The standard InChI is InChI=1S/C13H20O3/c1-2-8-16-13(12(15)10-14)9-11-6-4-3-5-7-11/h3-7,12-15H,2,8-10H2,1H3. The Kier molecular flexibility index (Phi) is 6.08. The van der Waals surface area contributed by atoms with Crippen molar-refractivity contribution in [1.82, 2.24) is 0 Å². The highest BCUT2D eigenvalue weighted by Gasteiger charge is 2.19. The van der Waals surface area contributed by atoms with Gasteiger partial charge in [0.05, 0.1) is 12.7 Å². The first-order valence-electron chi connectivity index (χ1n) is 5.72. The predicted molar refractivity (Wildman–Crippen MR) is 63.3 cm³/mol. The zero-order valence-corrected chi connectivity index (χ0v) is 9.67. The zero-order valence-electron chi connectivity index (χ0n) is 9.67. The zero-order chi connectivity index (χ0) is 11.8. The normalized spacial score (nSPS) is 14.7. The number of hydrogen-bond donors (Lipinski definition) is 2. The number of ether oxygens (including phenoxy) is 1. The number of benzene rings is 1. The maximum absolute atomic E-state index is 9.63. The fraction of sp³-hybridized carbons (Fsp3) is 0.538. The van der Waals surface area contributed by atoms with E-state index in [-0.39, 0.29) is 12.7 Å². The molecule has 0 saturated heterocycles. The van der Waals surface area contributed by atoms with Crippen LogP contribution in [0.3, 0.4) is 0 Å². The lowest BCUT2D eigenvalue weighted by molar-refractivity contribution is -0.0569. The summed E-state index contributed by atoms with van der Waals surface area (Å²) in [6, 6.07) is 9.85. The van der Waals surface area contributed by atoms with E-state index >= 15 is 0 Å². The van der Waals surface area contributed by atoms with Crippen LogP contribution in [0.4, 0.5) is 0 Å². The minimum Gasteiger partial charge on any atom is -0.394 e. The van der Waals surface area contributed by atoms with Gasteiger partial charge < -0.3 is 14.9 Å². The van der Waals surface area contributed by atoms with Crippen molar-refractivity contribution in [3.63, 3.8) is 0 Å². The van der Waals surface area contributed by atoms with Crippen molar-refractivity contribution in [2.24, 2.45) is 0 Å². The lowest BCUT2D eigenvalue weighted by Crippen LogP contribution is -2.34. The fourth-order valence-electron chi connectivity index (χ4n) is 1.54. The molecule has 0 spiro atoms. The molecule has 3 nitrogen and oxygen atoms in total. The molecule has 0 radical (unpaired) electrons. The van der Waals surface area contributed by atoms with E-state index in [2.05, 4.69) is 0 Å². The van der Waals surface area contributed by atoms with Crippen LogP contribution in [0, 0.1) is 0 Å². The fourth-order valence-corrected chi connectivity index (χ4v) is 1.54. The largest absolute Gasteiger partial charge is 0.394 e. The van der Waals surface area contributed by atoms with Gasteiger partial charge >= 0.3 is 0 Å². The molecule has 3 heteroatoms. The summed E-state index contributed by atoms with van der Waals surface area (Å²) < 4.78 is 5.54. The third-order valence-electron chi connectivity index (χ3n) is 2.43. The van der Waals surface area contributed by atoms with Crippen LogP contribution in [-0.4, -0.2) is 35.6 Å². The van der Waals surface area contributed by atoms with Gasteiger partial charge in [0.25, 0.3) is 0 Å². The average molecular weight is 224 g/mol. The summed E-state index contributed by atoms with van der Waals surface area (Å²) in [5, 5.41) is 18.6. The molecule has 2 atom stereocenters. The van der Waals surface area contributed by atoms with Gasteiger partial charge in [-0.05, 0) is 12.0 Å². The first kappa shape index (κ1) is 13.2. The molecule has 2 N–H and O–H groups in total. The van der Waals surface area contributed by atoms with Gasteiger partial charge in [-0.1, -0.05) is 37.3 Å². The van der Waals surface area contributed by atoms with Crippen LogP contribution in [0.5, 0.6) is 0 Å². The van der Waals surface area contributed by atoms with Crippen LogP contribution in [0.2, 0.25) is 0 Å². The molecule has 2 unspecified atom stereocenters. The van der Waals surface area contributed by atoms with Crippen molar-refractivity contribution in [2.45, 2.75) is 32.0 Å². The molecule has 0 bridgehead atoms. The van der Waals surface area contributed by atoms with Crippen LogP contribution in [0.15, 0.2) is 30.3 Å². The van der Waals surface area contributed by atoms with E-state index in [0.717, 1.165) is 12.0 Å². The number of hydrogen-bond acceptors (Lipinski definition) is 3. The maximum Gasteiger partial charge on any atom is 0.103 e. The molecule has 16 heavy (non-hydrogen) atoms. The summed E-state index contributed by atoms with van der Waals surface area (Å²) in [5.74, 6) is 0. The van der Waals surface area contributed by atoms with E-state index in [1.807, 2.05) is 37.3 Å². The van der Waals surface area contributed by atoms with Crippen molar-refractivity contribution in [2.75, 3.05) is 13.2 Å². The number of aliphatic hydroxyl groups excluding tert-OH is 2. The third-order valence-corrected chi connectivity index (χ3v) is 2.43. The summed E-state index contributed by atoms with van der Waals surface area (Å²) in [7, 11) is 0. The quantitative estimate of drug-likeness (QED) is 0.735. The summed E-state index contributed by atoms with van der Waals surface area (Å²) in [6.45, 7) is 2.36. The van der Waals surface area contributed by atoms with E-state index in [0.29, 0.717) is 13.0 Å². The molecule has 0 fully saturated rings. The SMILES string of the molecule is CCCOC(Cc1ccccc1)C(O)CO. The maximum atomic E-state index is 9.63. The molecule has 0 aliphatic heterocycles.